The first kappa shape index (κ1) is 21.7. The molecule has 0 saturated heterocycles. The number of carboxylic acid groups (broad SMARTS) is 1. The van der Waals surface area contributed by atoms with E-state index in [-0.39, 0.29) is 5.91 Å². The van der Waals surface area contributed by atoms with Crippen LogP contribution in [0.15, 0.2) is 68.9 Å². The number of nitrogens with two attached hydrogens (primary N) is 1. The van der Waals surface area contributed by atoms with Crippen LogP contribution in [0.25, 0.3) is 0 Å². The number of hydrogen-bond acceptors (Lipinski definition) is 4. The molecule has 154 valence electrons. The van der Waals surface area contributed by atoms with Gasteiger partial charge in [-0.15, -0.1) is 0 Å². The van der Waals surface area contributed by atoms with Gasteiger partial charge in [0.2, 0.25) is 0 Å². The van der Waals surface area contributed by atoms with Gasteiger partial charge in [-0.25, -0.2) is 4.79 Å². The largest absolute Gasteiger partial charge is 0.465 e. The molecule has 0 saturated carbocycles. The zero-order valence-corrected chi connectivity index (χ0v) is 18.7. The second-order valence-corrected chi connectivity index (χ2v) is 8.71. The van der Waals surface area contributed by atoms with Crippen LogP contribution < -0.4 is 16.4 Å². The van der Waals surface area contributed by atoms with Crippen molar-refractivity contribution in [2.24, 2.45) is 0 Å². The molecule has 6 nitrogen and oxygen atoms in total. The Kier molecular flexibility index (Phi) is 6.69. The minimum atomic E-state index is -1.11. The summed E-state index contributed by atoms with van der Waals surface area (Å²) in [7, 11) is 0. The molecule has 0 atom stereocenters. The van der Waals surface area contributed by atoms with Gasteiger partial charge in [-0.05, 0) is 79.6 Å². The quantitative estimate of drug-likeness (QED) is 0.324. The summed E-state index contributed by atoms with van der Waals surface area (Å²) in [5, 5.41) is 14.0. The summed E-state index contributed by atoms with van der Waals surface area (Å²) >= 11 is 4.89. The molecule has 0 fully saturated rings. The highest BCUT2D eigenvalue weighted by molar-refractivity contribution is 9.10. The van der Waals surface area contributed by atoms with E-state index < -0.39 is 6.09 Å². The maximum Gasteiger partial charge on any atom is 0.409 e. The zero-order valence-electron chi connectivity index (χ0n) is 16.3. The van der Waals surface area contributed by atoms with E-state index in [0.717, 1.165) is 31.1 Å². The molecule has 0 aliphatic carbocycles. The van der Waals surface area contributed by atoms with Gasteiger partial charge in [0.15, 0.2) is 0 Å². The molecule has 5 N–H and O–H groups in total. The second-order valence-electron chi connectivity index (χ2n) is 6.68. The van der Waals surface area contributed by atoms with Crippen molar-refractivity contribution in [3.63, 3.8) is 0 Å². The molecule has 0 radical (unpaired) electrons. The normalized spacial score (nSPS) is 10.5. The van der Waals surface area contributed by atoms with E-state index in [1.807, 2.05) is 26.0 Å². The molecule has 0 heterocycles. The molecule has 2 amide bonds. The van der Waals surface area contributed by atoms with E-state index in [1.165, 1.54) is 11.8 Å². The first-order valence-electron chi connectivity index (χ1n) is 8.98. The minimum absolute atomic E-state index is 0.226. The highest BCUT2D eigenvalue weighted by Gasteiger charge is 2.13. The van der Waals surface area contributed by atoms with E-state index in [2.05, 4.69) is 26.6 Å². The van der Waals surface area contributed by atoms with E-state index in [9.17, 15) is 9.59 Å². The summed E-state index contributed by atoms with van der Waals surface area (Å²) in [6.07, 6.45) is -1.11. The van der Waals surface area contributed by atoms with Gasteiger partial charge in [-0.1, -0.05) is 27.7 Å². The van der Waals surface area contributed by atoms with Gasteiger partial charge in [-0.3, -0.25) is 10.1 Å². The summed E-state index contributed by atoms with van der Waals surface area (Å²) in [5.74, 6) is -0.226. The first-order valence-corrected chi connectivity index (χ1v) is 10.6. The summed E-state index contributed by atoms with van der Waals surface area (Å²) in [4.78, 5) is 25.1. The lowest BCUT2D eigenvalue weighted by Crippen LogP contribution is -2.14. The van der Waals surface area contributed by atoms with Crippen LogP contribution in [0.2, 0.25) is 0 Å². The third-order valence-corrected chi connectivity index (χ3v) is 5.90. The SMILES string of the molecule is Cc1cc(Br)cc(C)c1NC(=O)c1ccc(Sc2ccc(NC(=O)O)cc2)c(N)c1. The Balaban J connectivity index is 1.73. The standard InChI is InChI=1S/C22H20BrN3O3S/c1-12-9-15(23)10-13(2)20(12)26-21(27)14-3-8-19(18(24)11-14)30-17-6-4-16(5-7-17)25-22(28)29/h3-11,25H,24H2,1-2H3,(H,26,27)(H,28,29). The molecule has 30 heavy (non-hydrogen) atoms. The molecule has 0 aliphatic rings. The predicted molar refractivity (Wildman–Crippen MR) is 125 cm³/mol. The number of carbonyl (C=O) groups excluding carboxylic acids is 1. The highest BCUT2D eigenvalue weighted by Crippen LogP contribution is 2.33. The van der Waals surface area contributed by atoms with Crippen molar-refractivity contribution in [2.75, 3.05) is 16.4 Å². The molecular weight excluding hydrogens is 466 g/mol. The Morgan fingerprint density at radius 3 is 2.17 bits per heavy atom. The number of amides is 2. The molecule has 0 unspecified atom stereocenters. The molecule has 0 bridgehead atoms. The summed E-state index contributed by atoms with van der Waals surface area (Å²) in [5.41, 5.74) is 10.4. The van der Waals surface area contributed by atoms with Crippen LogP contribution in [-0.2, 0) is 0 Å². The van der Waals surface area contributed by atoms with Gasteiger partial charge in [0.25, 0.3) is 5.91 Å². The first-order chi connectivity index (χ1) is 14.2. The van der Waals surface area contributed by atoms with Crippen molar-refractivity contribution in [1.82, 2.24) is 0 Å². The molecule has 0 spiro atoms. The fraction of sp³-hybridized carbons (Fsp3) is 0.0909. The predicted octanol–water partition coefficient (Wildman–Crippen LogP) is 6.14. The average molecular weight is 486 g/mol. The second kappa shape index (κ2) is 9.23. The number of carbonyl (C=O) groups is 2. The summed E-state index contributed by atoms with van der Waals surface area (Å²) in [6.45, 7) is 3.89. The van der Waals surface area contributed by atoms with Crippen LogP contribution in [-0.4, -0.2) is 17.1 Å². The molecule has 3 rings (SSSR count). The highest BCUT2D eigenvalue weighted by atomic mass is 79.9. The number of hydrogen-bond donors (Lipinski definition) is 4. The van der Waals surface area contributed by atoms with Crippen LogP contribution in [0.5, 0.6) is 0 Å². The number of nitrogens with one attached hydrogen (secondary N) is 2. The molecule has 0 aromatic heterocycles. The van der Waals surface area contributed by atoms with Gasteiger partial charge in [-0.2, -0.15) is 0 Å². The van der Waals surface area contributed by atoms with Gasteiger partial charge < -0.3 is 16.2 Å². The average Bonchev–Trinajstić information content (AvgIpc) is 2.67. The van der Waals surface area contributed by atoms with Gasteiger partial charge >= 0.3 is 6.09 Å². The zero-order chi connectivity index (χ0) is 21.8. The van der Waals surface area contributed by atoms with Crippen LogP contribution in [0.4, 0.5) is 21.9 Å². The topological polar surface area (TPSA) is 104 Å². The lowest BCUT2D eigenvalue weighted by molar-refractivity contribution is 0.102. The number of nitrogen functional groups attached to an aromatic ring is 1. The number of anilines is 3. The minimum Gasteiger partial charge on any atom is -0.465 e. The molecule has 0 aliphatic heterocycles. The van der Waals surface area contributed by atoms with Crippen molar-refractivity contribution < 1.29 is 14.7 Å². The number of halogens is 1. The van der Waals surface area contributed by atoms with Crippen LogP contribution in [0.1, 0.15) is 21.5 Å². The van der Waals surface area contributed by atoms with E-state index in [1.54, 1.807) is 42.5 Å². The van der Waals surface area contributed by atoms with Crippen molar-refractivity contribution in [3.8, 4) is 0 Å². The maximum absolute atomic E-state index is 12.7. The Morgan fingerprint density at radius 2 is 1.60 bits per heavy atom. The number of benzene rings is 3. The van der Waals surface area contributed by atoms with Crippen LogP contribution >= 0.6 is 27.7 Å². The number of aryl methyl sites for hydroxylation is 2. The molecule has 3 aromatic carbocycles. The molecule has 8 heteroatoms. The van der Waals surface area contributed by atoms with Crippen molar-refractivity contribution >= 4 is 56.8 Å². The van der Waals surface area contributed by atoms with Crippen LogP contribution in [0, 0.1) is 13.8 Å². The Hall–Kier alpha value is -2.97. The fourth-order valence-corrected chi connectivity index (χ4v) is 4.46. The van der Waals surface area contributed by atoms with Crippen LogP contribution in [0.3, 0.4) is 0 Å². The van der Waals surface area contributed by atoms with Crippen molar-refractivity contribution in [2.45, 2.75) is 23.6 Å². The van der Waals surface area contributed by atoms with E-state index >= 15 is 0 Å². The Bertz CT molecular complexity index is 1090. The third kappa shape index (κ3) is 5.34. The lowest BCUT2D eigenvalue weighted by Gasteiger charge is -2.13. The summed E-state index contributed by atoms with van der Waals surface area (Å²) in [6, 6.07) is 16.1. The Morgan fingerprint density at radius 1 is 0.967 bits per heavy atom. The molecule has 3 aromatic rings. The number of rotatable bonds is 5. The van der Waals surface area contributed by atoms with Gasteiger partial charge in [0.05, 0.1) is 0 Å². The lowest BCUT2D eigenvalue weighted by atomic mass is 10.1. The van der Waals surface area contributed by atoms with Crippen molar-refractivity contribution in [3.05, 3.63) is 75.8 Å². The third-order valence-electron chi connectivity index (χ3n) is 4.34. The monoisotopic (exact) mass is 485 g/mol. The van der Waals surface area contributed by atoms with Crippen molar-refractivity contribution in [1.29, 1.82) is 0 Å². The molecular formula is C22H20BrN3O3S. The van der Waals surface area contributed by atoms with Gasteiger partial charge in [0.1, 0.15) is 0 Å². The summed E-state index contributed by atoms with van der Waals surface area (Å²) < 4.78 is 0.966. The van der Waals surface area contributed by atoms with E-state index in [4.69, 9.17) is 10.8 Å². The maximum atomic E-state index is 12.7. The van der Waals surface area contributed by atoms with Gasteiger partial charge in [0, 0.05) is 36.9 Å². The van der Waals surface area contributed by atoms with E-state index in [0.29, 0.717) is 16.9 Å². The Labute approximate surface area is 187 Å². The smallest absolute Gasteiger partial charge is 0.409 e. The fourth-order valence-electron chi connectivity index (χ4n) is 2.93.